The number of methoxy groups -OCH3 is 2. The van der Waals surface area contributed by atoms with Gasteiger partial charge in [-0.25, -0.2) is 0 Å². The maximum atomic E-state index is 12.3. The molecule has 5 nitrogen and oxygen atoms in total. The Kier molecular flexibility index (Phi) is 8.12. The van der Waals surface area contributed by atoms with Gasteiger partial charge in [0.15, 0.2) is 0 Å². The van der Waals surface area contributed by atoms with Crippen LogP contribution in [0.25, 0.3) is 0 Å². The minimum absolute atomic E-state index is 0.0170. The lowest BCUT2D eigenvalue weighted by Crippen LogP contribution is -2.55. The maximum absolute atomic E-state index is 12.3. The minimum Gasteiger partial charge on any atom is -0.383 e. The van der Waals surface area contributed by atoms with E-state index in [1.165, 1.54) is 0 Å². The van der Waals surface area contributed by atoms with Crippen molar-refractivity contribution in [1.29, 1.82) is 0 Å². The van der Waals surface area contributed by atoms with Crippen molar-refractivity contribution < 1.29 is 14.3 Å². The van der Waals surface area contributed by atoms with Gasteiger partial charge in [-0.15, -0.1) is 0 Å². The van der Waals surface area contributed by atoms with Crippen molar-refractivity contribution in [2.75, 3.05) is 40.5 Å². The third kappa shape index (κ3) is 5.02. The highest BCUT2D eigenvalue weighted by atomic mass is 16.5. The van der Waals surface area contributed by atoms with E-state index in [0.717, 1.165) is 0 Å². The van der Waals surface area contributed by atoms with Gasteiger partial charge in [0.2, 0.25) is 5.91 Å². The van der Waals surface area contributed by atoms with Gasteiger partial charge in [0, 0.05) is 27.3 Å². The summed E-state index contributed by atoms with van der Waals surface area (Å²) in [5.41, 5.74) is 5.35. The molecule has 0 saturated carbocycles. The largest absolute Gasteiger partial charge is 0.383 e. The molecule has 0 atom stereocenters. The van der Waals surface area contributed by atoms with Crippen molar-refractivity contribution in [2.24, 2.45) is 5.73 Å². The summed E-state index contributed by atoms with van der Waals surface area (Å²) >= 11 is 0. The zero-order chi connectivity index (χ0) is 13.3. The topological polar surface area (TPSA) is 64.8 Å². The number of hydrogen-bond donors (Lipinski definition) is 1. The lowest BCUT2D eigenvalue weighted by Gasteiger charge is -2.33. The smallest absolute Gasteiger partial charge is 0.242 e. The van der Waals surface area contributed by atoms with Gasteiger partial charge < -0.3 is 20.1 Å². The van der Waals surface area contributed by atoms with E-state index in [2.05, 4.69) is 0 Å². The van der Waals surface area contributed by atoms with Crippen LogP contribution in [0.1, 0.15) is 26.7 Å². The third-order valence-electron chi connectivity index (χ3n) is 3.11. The molecule has 1 amide bonds. The van der Waals surface area contributed by atoms with Crippen LogP contribution in [-0.2, 0) is 14.3 Å². The molecular formula is C12H26N2O3. The molecule has 0 fully saturated rings. The van der Waals surface area contributed by atoms with Crippen molar-refractivity contribution in [1.82, 2.24) is 4.90 Å². The van der Waals surface area contributed by atoms with Crippen LogP contribution in [0.5, 0.6) is 0 Å². The average Bonchev–Trinajstić information content (AvgIpc) is 2.37. The summed E-state index contributed by atoms with van der Waals surface area (Å²) in [6.45, 7) is 6.01. The predicted molar refractivity (Wildman–Crippen MR) is 67.8 cm³/mol. The van der Waals surface area contributed by atoms with Gasteiger partial charge in [-0.1, -0.05) is 13.8 Å². The molecule has 17 heavy (non-hydrogen) atoms. The normalized spacial score (nSPS) is 11.6. The fourth-order valence-electron chi connectivity index (χ4n) is 1.59. The highest BCUT2D eigenvalue weighted by Gasteiger charge is 2.33. The fraction of sp³-hybridized carbons (Fsp3) is 0.917. The zero-order valence-corrected chi connectivity index (χ0v) is 11.5. The van der Waals surface area contributed by atoms with Gasteiger partial charge in [-0.3, -0.25) is 4.79 Å². The SMILES string of the molecule is CCC(N)(CC)C(=O)N(CCOC)CCOC. The summed E-state index contributed by atoms with van der Waals surface area (Å²) in [4.78, 5) is 14.1. The Hall–Kier alpha value is -0.650. The molecule has 102 valence electrons. The first-order chi connectivity index (χ1) is 8.05. The number of ether oxygens (including phenoxy) is 2. The number of hydrogen-bond acceptors (Lipinski definition) is 4. The van der Waals surface area contributed by atoms with Crippen molar-refractivity contribution in [3.63, 3.8) is 0 Å². The van der Waals surface area contributed by atoms with Crippen LogP contribution < -0.4 is 5.73 Å². The van der Waals surface area contributed by atoms with Gasteiger partial charge in [0.25, 0.3) is 0 Å². The van der Waals surface area contributed by atoms with E-state index in [9.17, 15) is 4.79 Å². The molecule has 0 radical (unpaired) electrons. The first-order valence-corrected chi connectivity index (χ1v) is 6.11. The van der Waals surface area contributed by atoms with E-state index >= 15 is 0 Å². The molecule has 0 rings (SSSR count). The number of carbonyl (C=O) groups is 1. The van der Waals surface area contributed by atoms with Gasteiger partial charge in [-0.05, 0) is 12.8 Å². The second kappa shape index (κ2) is 8.44. The van der Waals surface area contributed by atoms with E-state index < -0.39 is 5.54 Å². The van der Waals surface area contributed by atoms with Gasteiger partial charge >= 0.3 is 0 Å². The van der Waals surface area contributed by atoms with Crippen LogP contribution in [0.3, 0.4) is 0 Å². The molecule has 2 N–H and O–H groups in total. The van der Waals surface area contributed by atoms with Crippen LogP contribution in [0, 0.1) is 0 Å². The summed E-state index contributed by atoms with van der Waals surface area (Å²) < 4.78 is 10.0. The monoisotopic (exact) mass is 246 g/mol. The van der Waals surface area contributed by atoms with Crippen LogP contribution in [0.4, 0.5) is 0 Å². The molecule has 0 aromatic carbocycles. The van der Waals surface area contributed by atoms with Crippen LogP contribution in [0.2, 0.25) is 0 Å². The third-order valence-corrected chi connectivity index (χ3v) is 3.11. The van der Waals surface area contributed by atoms with Crippen molar-refractivity contribution in [3.05, 3.63) is 0 Å². The van der Waals surface area contributed by atoms with E-state index in [4.69, 9.17) is 15.2 Å². The molecular weight excluding hydrogens is 220 g/mol. The summed E-state index contributed by atoms with van der Waals surface area (Å²) in [7, 11) is 3.24. The Morgan fingerprint density at radius 2 is 1.53 bits per heavy atom. The predicted octanol–water partition coefficient (Wildman–Crippen LogP) is 0.625. The number of carbonyl (C=O) groups excluding carboxylic acids is 1. The van der Waals surface area contributed by atoms with Gasteiger partial charge in [0.05, 0.1) is 18.8 Å². The van der Waals surface area contributed by atoms with E-state index in [1.807, 2.05) is 13.8 Å². The quantitative estimate of drug-likeness (QED) is 0.648. The molecule has 0 unspecified atom stereocenters. The van der Waals surface area contributed by atoms with E-state index in [-0.39, 0.29) is 5.91 Å². The van der Waals surface area contributed by atoms with Crippen molar-refractivity contribution in [3.8, 4) is 0 Å². The molecule has 0 heterocycles. The van der Waals surface area contributed by atoms with E-state index in [0.29, 0.717) is 39.1 Å². The first-order valence-electron chi connectivity index (χ1n) is 6.11. The second-order valence-corrected chi connectivity index (χ2v) is 4.14. The number of nitrogens with zero attached hydrogens (tertiary/aromatic N) is 1. The Labute approximate surface area is 104 Å². The Balaban J connectivity index is 4.59. The molecule has 0 aliphatic heterocycles. The Bertz CT molecular complexity index is 210. The highest BCUT2D eigenvalue weighted by Crippen LogP contribution is 2.15. The Morgan fingerprint density at radius 3 is 1.82 bits per heavy atom. The van der Waals surface area contributed by atoms with Gasteiger partial charge in [-0.2, -0.15) is 0 Å². The molecule has 0 aromatic rings. The lowest BCUT2D eigenvalue weighted by molar-refractivity contribution is -0.138. The highest BCUT2D eigenvalue weighted by molar-refractivity contribution is 5.86. The fourth-order valence-corrected chi connectivity index (χ4v) is 1.59. The van der Waals surface area contributed by atoms with Crippen LogP contribution >= 0.6 is 0 Å². The number of nitrogens with two attached hydrogens (primary N) is 1. The lowest BCUT2D eigenvalue weighted by atomic mass is 9.92. The summed E-state index contributed by atoms with van der Waals surface area (Å²) in [6.07, 6.45) is 1.28. The average molecular weight is 246 g/mol. The van der Waals surface area contributed by atoms with Crippen molar-refractivity contribution >= 4 is 5.91 Å². The molecule has 5 heteroatoms. The van der Waals surface area contributed by atoms with Crippen LogP contribution in [0.15, 0.2) is 0 Å². The molecule has 0 saturated heterocycles. The van der Waals surface area contributed by atoms with Gasteiger partial charge in [0.1, 0.15) is 0 Å². The minimum atomic E-state index is -0.762. The molecule has 0 aliphatic carbocycles. The zero-order valence-electron chi connectivity index (χ0n) is 11.5. The Morgan fingerprint density at radius 1 is 1.12 bits per heavy atom. The molecule has 0 bridgehead atoms. The standard InChI is InChI=1S/C12H26N2O3/c1-5-12(13,6-2)11(15)14(7-9-16-3)8-10-17-4/h5-10,13H2,1-4H3. The number of rotatable bonds is 9. The first kappa shape index (κ1) is 16.4. The summed E-state index contributed by atoms with van der Waals surface area (Å²) in [5, 5.41) is 0. The van der Waals surface area contributed by atoms with E-state index in [1.54, 1.807) is 19.1 Å². The molecule has 0 aliphatic rings. The summed E-state index contributed by atoms with van der Waals surface area (Å²) in [6, 6.07) is 0. The maximum Gasteiger partial charge on any atom is 0.242 e. The second-order valence-electron chi connectivity index (χ2n) is 4.14. The number of amides is 1. The summed E-state index contributed by atoms with van der Waals surface area (Å²) in [5.74, 6) is -0.0170. The molecule has 0 spiro atoms. The van der Waals surface area contributed by atoms with Crippen molar-refractivity contribution in [2.45, 2.75) is 32.2 Å². The van der Waals surface area contributed by atoms with Crippen LogP contribution in [-0.4, -0.2) is 56.9 Å². The molecule has 0 aromatic heterocycles.